The topological polar surface area (TPSA) is 26.3 Å². The predicted molar refractivity (Wildman–Crippen MR) is 52.5 cm³/mol. The summed E-state index contributed by atoms with van der Waals surface area (Å²) in [5.74, 6) is 0. The van der Waals surface area contributed by atoms with Crippen LogP contribution in [0.3, 0.4) is 0 Å². The van der Waals surface area contributed by atoms with Gasteiger partial charge in [0.25, 0.3) is 6.47 Å². The lowest BCUT2D eigenvalue weighted by Gasteiger charge is -1.99. The maximum atomic E-state index is 9.47. The highest BCUT2D eigenvalue weighted by Crippen LogP contribution is 2.32. The molecule has 0 bridgehead atoms. The zero-order chi connectivity index (χ0) is 9.68. The molecule has 13 heavy (non-hydrogen) atoms. The first-order chi connectivity index (χ1) is 6.27. The molecule has 0 N–H and O–H groups in total. The van der Waals surface area contributed by atoms with E-state index >= 15 is 0 Å². The molecule has 2 aliphatic carbocycles. The van der Waals surface area contributed by atoms with Gasteiger partial charge in [0.15, 0.2) is 5.56 Å². The summed E-state index contributed by atoms with van der Waals surface area (Å²) in [5.41, 5.74) is 2.41. The second kappa shape index (κ2) is 4.87. The Bertz CT molecular complexity index is 269. The van der Waals surface area contributed by atoms with Gasteiger partial charge >= 0.3 is 0 Å². The summed E-state index contributed by atoms with van der Waals surface area (Å²) in [7, 11) is 0. The number of rotatable bonds is 3. The van der Waals surface area contributed by atoms with E-state index in [2.05, 4.69) is 29.0 Å². The Morgan fingerprint density at radius 2 is 2.15 bits per heavy atom. The summed E-state index contributed by atoms with van der Waals surface area (Å²) >= 11 is 5.31. The second-order valence-corrected chi connectivity index (χ2v) is 3.12. The Labute approximate surface area is 82.5 Å². The van der Waals surface area contributed by atoms with Crippen molar-refractivity contribution >= 4 is 18.1 Å². The fraction of sp³-hybridized carbons (Fsp3) is 0.300. The lowest BCUT2D eigenvalue weighted by molar-refractivity contribution is -0.130. The van der Waals surface area contributed by atoms with Gasteiger partial charge in [-0.05, 0) is 23.6 Å². The van der Waals surface area contributed by atoms with Gasteiger partial charge in [-0.15, -0.1) is 0 Å². The van der Waals surface area contributed by atoms with Crippen LogP contribution in [0.4, 0.5) is 0 Å². The number of ether oxygens (including phenoxy) is 1. The number of benzene rings is 1. The molecule has 2 nitrogen and oxygen atoms in total. The van der Waals surface area contributed by atoms with Crippen LogP contribution in [-0.2, 0) is 9.53 Å². The minimum Gasteiger partial charge on any atom is -0.448 e. The average molecular weight is 199 g/mol. The fourth-order valence-corrected chi connectivity index (χ4v) is 0.874. The molecule has 1 unspecified atom stereocenters. The second-order valence-electron chi connectivity index (χ2n) is 2.63. The van der Waals surface area contributed by atoms with E-state index in [4.69, 9.17) is 11.6 Å². The van der Waals surface area contributed by atoms with E-state index in [1.165, 1.54) is 11.1 Å². The third-order valence-electron chi connectivity index (χ3n) is 1.64. The van der Waals surface area contributed by atoms with Crippen molar-refractivity contribution in [1.82, 2.24) is 0 Å². The van der Waals surface area contributed by atoms with Crippen molar-refractivity contribution < 1.29 is 9.53 Å². The van der Waals surface area contributed by atoms with Crippen LogP contribution in [-0.4, -0.2) is 12.0 Å². The van der Waals surface area contributed by atoms with E-state index in [-0.39, 0.29) is 0 Å². The van der Waals surface area contributed by atoms with Crippen molar-refractivity contribution in [3.05, 3.63) is 24.3 Å². The van der Waals surface area contributed by atoms with Gasteiger partial charge < -0.3 is 4.74 Å². The van der Waals surface area contributed by atoms with Gasteiger partial charge in [0, 0.05) is 0 Å². The predicted octanol–water partition coefficient (Wildman–Crippen LogP) is 2.80. The average Bonchev–Trinajstić information content (AvgIpc) is 2.75. The van der Waals surface area contributed by atoms with Crippen LogP contribution in [0, 0.1) is 0 Å². The standard InChI is InChI=1S/C6H4.C4H7ClO2/c1-2-5-4-6(5)3-1;1-2-4(5)7-3-6/h1-4H;3-4H,2H2,1H3. The molecule has 0 saturated carbocycles. The molecule has 70 valence electrons. The van der Waals surface area contributed by atoms with Crippen LogP contribution in [0.25, 0.3) is 11.1 Å². The Hall–Kier alpha value is -1.02. The van der Waals surface area contributed by atoms with Gasteiger partial charge in [-0.2, -0.15) is 0 Å². The molecule has 2 rings (SSSR count). The van der Waals surface area contributed by atoms with E-state index in [9.17, 15) is 4.79 Å². The Morgan fingerprint density at radius 3 is 2.31 bits per heavy atom. The lowest BCUT2D eigenvalue weighted by Crippen LogP contribution is -1.99. The molecular formula is C10H11ClO2. The first-order valence-electron chi connectivity index (χ1n) is 4.11. The zero-order valence-corrected chi connectivity index (χ0v) is 8.12. The highest BCUT2D eigenvalue weighted by Gasteiger charge is 2.06. The molecule has 0 spiro atoms. The van der Waals surface area contributed by atoms with E-state index in [1.807, 2.05) is 6.92 Å². The maximum Gasteiger partial charge on any atom is 0.294 e. The van der Waals surface area contributed by atoms with Gasteiger partial charge in [0.05, 0.1) is 0 Å². The van der Waals surface area contributed by atoms with Crippen molar-refractivity contribution in [3.8, 4) is 11.1 Å². The monoisotopic (exact) mass is 198 g/mol. The number of hydrogen-bond acceptors (Lipinski definition) is 2. The van der Waals surface area contributed by atoms with E-state index < -0.39 is 5.56 Å². The largest absolute Gasteiger partial charge is 0.448 e. The van der Waals surface area contributed by atoms with Crippen molar-refractivity contribution in [2.45, 2.75) is 18.9 Å². The van der Waals surface area contributed by atoms with Gasteiger partial charge in [0.1, 0.15) is 0 Å². The molecule has 1 atom stereocenters. The Morgan fingerprint density at radius 1 is 1.54 bits per heavy atom. The van der Waals surface area contributed by atoms with Crippen molar-refractivity contribution in [1.29, 1.82) is 0 Å². The zero-order valence-electron chi connectivity index (χ0n) is 7.37. The molecule has 0 heterocycles. The third kappa shape index (κ3) is 3.47. The molecule has 0 radical (unpaired) electrons. The smallest absolute Gasteiger partial charge is 0.294 e. The van der Waals surface area contributed by atoms with Gasteiger partial charge in [-0.25, -0.2) is 0 Å². The summed E-state index contributed by atoms with van der Waals surface area (Å²) < 4.78 is 4.28. The third-order valence-corrected chi connectivity index (χ3v) is 2.05. The normalized spacial score (nSPS) is 12.2. The minimum atomic E-state index is -0.447. The Kier molecular flexibility index (Phi) is 3.77. The van der Waals surface area contributed by atoms with E-state index in [1.54, 1.807) is 0 Å². The van der Waals surface area contributed by atoms with Crippen molar-refractivity contribution in [2.75, 3.05) is 0 Å². The molecule has 0 aromatic heterocycles. The summed E-state index contributed by atoms with van der Waals surface area (Å²) in [6, 6.07) is 8.48. The summed E-state index contributed by atoms with van der Waals surface area (Å²) in [4.78, 5) is 9.47. The number of carbonyl (C=O) groups excluding carboxylic acids is 1. The molecule has 0 aliphatic heterocycles. The summed E-state index contributed by atoms with van der Waals surface area (Å²) in [6.07, 6.45) is 0.653. The summed E-state index contributed by atoms with van der Waals surface area (Å²) in [6.45, 7) is 2.18. The van der Waals surface area contributed by atoms with Crippen LogP contribution in [0.5, 0.6) is 0 Å². The summed E-state index contributed by atoms with van der Waals surface area (Å²) in [5, 5.41) is 0. The minimum absolute atomic E-state index is 0.348. The SMILES string of the molecule is CCC(Cl)OC=O.c1cc2cc-2c1. The van der Waals surface area contributed by atoms with Crippen molar-refractivity contribution in [2.24, 2.45) is 0 Å². The fourth-order valence-electron chi connectivity index (χ4n) is 0.832. The van der Waals surface area contributed by atoms with Crippen LogP contribution in [0.1, 0.15) is 13.3 Å². The molecule has 0 amide bonds. The van der Waals surface area contributed by atoms with Crippen LogP contribution in [0.2, 0.25) is 0 Å². The number of carbonyl (C=O) groups is 1. The van der Waals surface area contributed by atoms with Gasteiger partial charge in [0.2, 0.25) is 0 Å². The molecule has 0 aromatic carbocycles. The highest BCUT2D eigenvalue weighted by atomic mass is 35.5. The molecule has 0 fully saturated rings. The highest BCUT2D eigenvalue weighted by molar-refractivity contribution is 6.19. The number of hydrogen-bond donors (Lipinski definition) is 0. The molecular weight excluding hydrogens is 188 g/mol. The van der Waals surface area contributed by atoms with Gasteiger partial charge in [-0.3, -0.25) is 4.79 Å². The van der Waals surface area contributed by atoms with Crippen LogP contribution < -0.4 is 0 Å². The number of alkyl halides is 1. The lowest BCUT2D eigenvalue weighted by atomic mass is 10.5. The van der Waals surface area contributed by atoms with Crippen LogP contribution >= 0.6 is 11.6 Å². The van der Waals surface area contributed by atoms with Crippen LogP contribution in [0.15, 0.2) is 24.3 Å². The molecule has 0 saturated heterocycles. The number of fused-ring (bicyclic) bond motifs is 1. The van der Waals surface area contributed by atoms with Gasteiger partial charge in [-0.1, -0.05) is 36.7 Å². The van der Waals surface area contributed by atoms with E-state index in [0.717, 1.165) is 0 Å². The van der Waals surface area contributed by atoms with Crippen molar-refractivity contribution in [3.63, 3.8) is 0 Å². The molecule has 3 heteroatoms. The number of halogens is 1. The Balaban J connectivity index is 0.000000130. The maximum absolute atomic E-state index is 9.47. The van der Waals surface area contributed by atoms with E-state index in [0.29, 0.717) is 12.9 Å². The molecule has 2 aliphatic rings. The first kappa shape index (κ1) is 10.1. The first-order valence-corrected chi connectivity index (χ1v) is 4.55. The quantitative estimate of drug-likeness (QED) is 0.560. The molecule has 0 aromatic rings.